The number of benzene rings is 2. The number of rotatable bonds is 5. The number of hydrogen-bond donors (Lipinski definition) is 4. The molecule has 2 aromatic carbocycles. The Morgan fingerprint density at radius 3 is 2.42 bits per heavy atom. The van der Waals surface area contributed by atoms with Crippen LogP contribution < -0.4 is 21.7 Å². The van der Waals surface area contributed by atoms with Gasteiger partial charge in [0.05, 0.1) is 10.9 Å². The van der Waals surface area contributed by atoms with Gasteiger partial charge >= 0.3 is 6.03 Å². The molecule has 156 valence electrons. The SMILES string of the molecule is CCc1cccc(NC(=O)Nc2ccc(NC(=O)c3csc4ncnc(N)c34)cc2)c1. The lowest BCUT2D eigenvalue weighted by molar-refractivity contribution is 0.102. The number of carbonyl (C=O) groups excluding carboxylic acids is 2. The predicted molar refractivity (Wildman–Crippen MR) is 125 cm³/mol. The van der Waals surface area contributed by atoms with E-state index in [4.69, 9.17) is 5.73 Å². The van der Waals surface area contributed by atoms with Gasteiger partial charge in [0.1, 0.15) is 17.0 Å². The van der Waals surface area contributed by atoms with Crippen molar-refractivity contribution in [2.24, 2.45) is 0 Å². The van der Waals surface area contributed by atoms with Gasteiger partial charge in [0, 0.05) is 22.4 Å². The number of nitrogen functional groups attached to an aromatic ring is 1. The van der Waals surface area contributed by atoms with Crippen LogP contribution in [0.2, 0.25) is 0 Å². The Hall–Kier alpha value is -3.98. The van der Waals surface area contributed by atoms with E-state index in [9.17, 15) is 9.59 Å². The molecular weight excluding hydrogens is 412 g/mol. The molecule has 4 aromatic rings. The second kappa shape index (κ2) is 8.80. The summed E-state index contributed by atoms with van der Waals surface area (Å²) < 4.78 is 0. The lowest BCUT2D eigenvalue weighted by Gasteiger charge is -2.10. The van der Waals surface area contributed by atoms with Gasteiger partial charge in [-0.15, -0.1) is 11.3 Å². The number of nitrogens with zero attached hydrogens (tertiary/aromatic N) is 2. The molecule has 9 heteroatoms. The zero-order valence-corrected chi connectivity index (χ0v) is 17.5. The molecule has 2 aromatic heterocycles. The molecule has 0 atom stereocenters. The fourth-order valence-corrected chi connectivity index (χ4v) is 3.96. The van der Waals surface area contributed by atoms with Gasteiger partial charge in [-0.05, 0) is 48.4 Å². The van der Waals surface area contributed by atoms with E-state index in [0.29, 0.717) is 27.2 Å². The molecule has 0 radical (unpaired) electrons. The van der Waals surface area contributed by atoms with Crippen LogP contribution in [0.15, 0.2) is 60.2 Å². The topological polar surface area (TPSA) is 122 Å². The van der Waals surface area contributed by atoms with Crippen molar-refractivity contribution in [1.82, 2.24) is 9.97 Å². The Balaban J connectivity index is 1.39. The van der Waals surface area contributed by atoms with Crippen LogP contribution in [0.1, 0.15) is 22.8 Å². The molecule has 0 unspecified atom stereocenters. The highest BCUT2D eigenvalue weighted by Crippen LogP contribution is 2.28. The molecular formula is C22H20N6O2S. The number of carbonyl (C=O) groups is 2. The first kappa shape index (κ1) is 20.3. The minimum atomic E-state index is -0.342. The Morgan fingerprint density at radius 1 is 0.968 bits per heavy atom. The minimum absolute atomic E-state index is 0.270. The van der Waals surface area contributed by atoms with Crippen LogP contribution in [0.3, 0.4) is 0 Å². The zero-order valence-electron chi connectivity index (χ0n) is 16.7. The van der Waals surface area contributed by atoms with Crippen LogP contribution in [-0.2, 0) is 6.42 Å². The van der Waals surface area contributed by atoms with E-state index in [1.165, 1.54) is 17.7 Å². The first-order valence-electron chi connectivity index (χ1n) is 9.59. The van der Waals surface area contributed by atoms with Crippen molar-refractivity contribution in [3.63, 3.8) is 0 Å². The number of thiophene rings is 1. The maximum Gasteiger partial charge on any atom is 0.323 e. The molecule has 3 amide bonds. The second-order valence-electron chi connectivity index (χ2n) is 6.75. The van der Waals surface area contributed by atoms with Crippen molar-refractivity contribution < 1.29 is 9.59 Å². The van der Waals surface area contributed by atoms with Crippen LogP contribution in [-0.4, -0.2) is 21.9 Å². The summed E-state index contributed by atoms with van der Waals surface area (Å²) in [5.41, 5.74) is 9.38. The van der Waals surface area contributed by atoms with Crippen molar-refractivity contribution in [2.45, 2.75) is 13.3 Å². The predicted octanol–water partition coefficient (Wildman–Crippen LogP) is 4.73. The molecule has 0 saturated heterocycles. The highest BCUT2D eigenvalue weighted by molar-refractivity contribution is 7.17. The van der Waals surface area contributed by atoms with E-state index in [2.05, 4.69) is 32.8 Å². The molecule has 31 heavy (non-hydrogen) atoms. The molecule has 5 N–H and O–H groups in total. The van der Waals surface area contributed by atoms with Crippen molar-refractivity contribution in [1.29, 1.82) is 0 Å². The van der Waals surface area contributed by atoms with E-state index in [0.717, 1.165) is 17.7 Å². The lowest BCUT2D eigenvalue weighted by atomic mass is 10.1. The number of urea groups is 1. The average molecular weight is 433 g/mol. The van der Waals surface area contributed by atoms with Gasteiger partial charge in [-0.3, -0.25) is 4.79 Å². The number of nitrogens with two attached hydrogens (primary N) is 1. The number of aryl methyl sites for hydroxylation is 1. The Bertz CT molecular complexity index is 1250. The van der Waals surface area contributed by atoms with Crippen molar-refractivity contribution in [3.8, 4) is 0 Å². The third kappa shape index (κ3) is 4.62. The van der Waals surface area contributed by atoms with Gasteiger partial charge < -0.3 is 21.7 Å². The third-order valence-electron chi connectivity index (χ3n) is 4.64. The Morgan fingerprint density at radius 2 is 1.68 bits per heavy atom. The first-order chi connectivity index (χ1) is 15.0. The fraction of sp³-hybridized carbons (Fsp3) is 0.0909. The number of hydrogen-bond acceptors (Lipinski definition) is 6. The highest BCUT2D eigenvalue weighted by atomic mass is 32.1. The van der Waals surface area contributed by atoms with E-state index in [1.54, 1.807) is 29.6 Å². The summed E-state index contributed by atoms with van der Waals surface area (Å²) in [6.07, 6.45) is 2.27. The lowest BCUT2D eigenvalue weighted by Crippen LogP contribution is -2.19. The quantitative estimate of drug-likeness (QED) is 0.363. The summed E-state index contributed by atoms with van der Waals surface area (Å²) in [5.74, 6) is -0.0338. The summed E-state index contributed by atoms with van der Waals surface area (Å²) in [6.45, 7) is 2.06. The van der Waals surface area contributed by atoms with Gasteiger partial charge in [0.15, 0.2) is 0 Å². The number of anilines is 4. The third-order valence-corrected chi connectivity index (χ3v) is 5.52. The standard InChI is InChI=1S/C22H20N6O2S/c1-2-13-4-3-5-16(10-13)28-22(30)27-15-8-6-14(7-9-15)26-20(29)17-11-31-21-18(17)19(23)24-12-25-21/h3-12H,2H2,1H3,(H,26,29)(H2,23,24,25)(H2,27,28,30). The molecule has 0 fully saturated rings. The van der Waals surface area contributed by atoms with E-state index >= 15 is 0 Å². The van der Waals surface area contributed by atoms with Gasteiger partial charge in [-0.25, -0.2) is 14.8 Å². The molecule has 0 aliphatic carbocycles. The van der Waals surface area contributed by atoms with Crippen LogP contribution in [0.5, 0.6) is 0 Å². The van der Waals surface area contributed by atoms with Crippen molar-refractivity contribution in [3.05, 3.63) is 71.4 Å². The molecule has 0 spiro atoms. The summed E-state index contributed by atoms with van der Waals surface area (Å²) in [6, 6.07) is 14.2. The van der Waals surface area contributed by atoms with Crippen LogP contribution >= 0.6 is 11.3 Å². The van der Waals surface area contributed by atoms with Gasteiger partial charge in [0.2, 0.25) is 0 Å². The summed E-state index contributed by atoms with van der Waals surface area (Å²) in [7, 11) is 0. The second-order valence-corrected chi connectivity index (χ2v) is 7.61. The average Bonchev–Trinajstić information content (AvgIpc) is 3.21. The number of aromatic nitrogens is 2. The summed E-state index contributed by atoms with van der Waals surface area (Å²) >= 11 is 1.33. The normalized spacial score (nSPS) is 10.6. The molecule has 0 aliphatic heterocycles. The summed E-state index contributed by atoms with van der Waals surface area (Å²) in [4.78, 5) is 33.7. The van der Waals surface area contributed by atoms with Crippen molar-refractivity contribution in [2.75, 3.05) is 21.7 Å². The highest BCUT2D eigenvalue weighted by Gasteiger charge is 2.16. The zero-order chi connectivity index (χ0) is 21.8. The minimum Gasteiger partial charge on any atom is -0.383 e. The summed E-state index contributed by atoms with van der Waals surface area (Å²) in [5, 5.41) is 10.7. The molecule has 2 heterocycles. The maximum atomic E-state index is 12.7. The smallest absolute Gasteiger partial charge is 0.323 e. The fourth-order valence-electron chi connectivity index (χ4n) is 3.06. The first-order valence-corrected chi connectivity index (χ1v) is 10.5. The van der Waals surface area contributed by atoms with E-state index in [-0.39, 0.29) is 17.8 Å². The Kier molecular flexibility index (Phi) is 5.76. The van der Waals surface area contributed by atoms with Gasteiger partial charge in [-0.2, -0.15) is 0 Å². The number of fused-ring (bicyclic) bond motifs is 1. The van der Waals surface area contributed by atoms with Crippen LogP contribution in [0.25, 0.3) is 10.2 Å². The molecule has 0 bridgehead atoms. The van der Waals surface area contributed by atoms with Crippen molar-refractivity contribution >= 4 is 56.4 Å². The molecule has 0 saturated carbocycles. The van der Waals surface area contributed by atoms with Crippen LogP contribution in [0.4, 0.5) is 27.7 Å². The largest absolute Gasteiger partial charge is 0.383 e. The van der Waals surface area contributed by atoms with Gasteiger partial charge in [-0.1, -0.05) is 19.1 Å². The number of amides is 3. The maximum absolute atomic E-state index is 12.7. The Labute approximate surface area is 182 Å². The molecule has 4 rings (SSSR count). The van der Waals surface area contributed by atoms with E-state index in [1.807, 2.05) is 24.3 Å². The molecule has 0 aliphatic rings. The monoisotopic (exact) mass is 432 g/mol. The van der Waals surface area contributed by atoms with Gasteiger partial charge in [0.25, 0.3) is 5.91 Å². The number of nitrogens with one attached hydrogen (secondary N) is 3. The molecule has 8 nitrogen and oxygen atoms in total. The van der Waals surface area contributed by atoms with E-state index < -0.39 is 0 Å². The van der Waals surface area contributed by atoms with Crippen LogP contribution in [0, 0.1) is 0 Å².